The van der Waals surface area contributed by atoms with Gasteiger partial charge in [-0.05, 0) is 29.7 Å². The van der Waals surface area contributed by atoms with Crippen LogP contribution in [-0.4, -0.2) is 11.9 Å². The van der Waals surface area contributed by atoms with Gasteiger partial charge in [0.1, 0.15) is 18.8 Å². The smallest absolute Gasteiger partial charge is 0.320 e. The predicted molar refractivity (Wildman–Crippen MR) is 103 cm³/mol. The molecule has 0 radical (unpaired) electrons. The van der Waals surface area contributed by atoms with Crippen molar-refractivity contribution in [2.75, 3.05) is 0 Å². The predicted octanol–water partition coefficient (Wildman–Crippen LogP) is 4.64. The van der Waals surface area contributed by atoms with E-state index >= 15 is 0 Å². The minimum Gasteiger partial charge on any atom is -0.488 e. The van der Waals surface area contributed by atoms with Crippen molar-refractivity contribution in [3.05, 3.63) is 63.6 Å². The minimum absolute atomic E-state index is 0.284. The SMILES string of the molecule is CCc1cc(Br)cc(C2(CC)OC(=O)CC(=O)O2)c1OCc1ccccc1. The van der Waals surface area contributed by atoms with Crippen LogP contribution < -0.4 is 4.74 Å². The first-order valence-electron chi connectivity index (χ1n) is 8.90. The molecular formula is C21H21BrO5. The molecule has 0 aromatic heterocycles. The summed E-state index contributed by atoms with van der Waals surface area (Å²) in [5.41, 5.74) is 2.48. The summed E-state index contributed by atoms with van der Waals surface area (Å²) >= 11 is 3.50. The molecule has 1 aliphatic rings. The summed E-state index contributed by atoms with van der Waals surface area (Å²) in [6.07, 6.45) is 0.612. The van der Waals surface area contributed by atoms with Crippen molar-refractivity contribution < 1.29 is 23.8 Å². The highest BCUT2D eigenvalue weighted by Gasteiger charge is 2.46. The molecule has 27 heavy (non-hydrogen) atoms. The Kier molecular flexibility index (Phi) is 5.85. The first-order chi connectivity index (χ1) is 13.0. The van der Waals surface area contributed by atoms with Gasteiger partial charge in [-0.15, -0.1) is 0 Å². The molecule has 1 aliphatic heterocycles. The summed E-state index contributed by atoms with van der Waals surface area (Å²) in [5.74, 6) is -2.10. The number of halogens is 1. The number of ether oxygens (including phenoxy) is 3. The molecule has 1 heterocycles. The third kappa shape index (κ3) is 4.16. The molecule has 5 nitrogen and oxygen atoms in total. The van der Waals surface area contributed by atoms with Crippen LogP contribution in [0.4, 0.5) is 0 Å². The molecule has 0 bridgehead atoms. The number of rotatable bonds is 6. The quantitative estimate of drug-likeness (QED) is 0.491. The van der Waals surface area contributed by atoms with Gasteiger partial charge in [-0.2, -0.15) is 0 Å². The zero-order valence-electron chi connectivity index (χ0n) is 15.3. The molecule has 0 spiro atoms. The highest BCUT2D eigenvalue weighted by molar-refractivity contribution is 9.10. The van der Waals surface area contributed by atoms with E-state index in [9.17, 15) is 9.59 Å². The van der Waals surface area contributed by atoms with E-state index in [1.165, 1.54) is 0 Å². The Morgan fingerprint density at radius 2 is 1.74 bits per heavy atom. The van der Waals surface area contributed by atoms with E-state index in [4.69, 9.17) is 14.2 Å². The van der Waals surface area contributed by atoms with Crippen molar-refractivity contribution in [2.45, 2.75) is 45.5 Å². The van der Waals surface area contributed by atoms with Gasteiger partial charge in [0.05, 0.1) is 5.56 Å². The third-order valence-electron chi connectivity index (χ3n) is 4.46. The van der Waals surface area contributed by atoms with E-state index in [0.29, 0.717) is 24.3 Å². The van der Waals surface area contributed by atoms with E-state index in [0.717, 1.165) is 15.6 Å². The molecular weight excluding hydrogens is 412 g/mol. The summed E-state index contributed by atoms with van der Waals surface area (Å²) in [5, 5.41) is 0. The Morgan fingerprint density at radius 1 is 1.07 bits per heavy atom. The van der Waals surface area contributed by atoms with Gasteiger partial charge in [-0.3, -0.25) is 9.59 Å². The van der Waals surface area contributed by atoms with Crippen LogP contribution in [0.1, 0.15) is 43.4 Å². The molecule has 1 fully saturated rings. The molecule has 0 atom stereocenters. The first-order valence-corrected chi connectivity index (χ1v) is 9.70. The lowest BCUT2D eigenvalue weighted by molar-refractivity contribution is -0.251. The van der Waals surface area contributed by atoms with Crippen molar-refractivity contribution in [2.24, 2.45) is 0 Å². The van der Waals surface area contributed by atoms with Gasteiger partial charge in [0.15, 0.2) is 0 Å². The average molecular weight is 433 g/mol. The standard InChI is InChI=1S/C21H21BrO5/c1-3-15-10-16(22)11-17(20(15)25-13-14-8-6-5-7-9-14)21(4-2)26-18(23)12-19(24)27-21/h5-11H,3-4,12-13H2,1-2H3. The molecule has 0 unspecified atom stereocenters. The summed E-state index contributed by atoms with van der Waals surface area (Å²) in [7, 11) is 0. The van der Waals surface area contributed by atoms with Crippen LogP contribution in [0.3, 0.4) is 0 Å². The number of carbonyl (C=O) groups excluding carboxylic acids is 2. The molecule has 0 aliphatic carbocycles. The molecule has 6 heteroatoms. The van der Waals surface area contributed by atoms with E-state index in [1.807, 2.05) is 43.3 Å². The maximum Gasteiger partial charge on any atom is 0.320 e. The Balaban J connectivity index is 2.06. The Hall–Kier alpha value is -2.34. The number of benzene rings is 2. The van der Waals surface area contributed by atoms with E-state index in [1.54, 1.807) is 13.0 Å². The van der Waals surface area contributed by atoms with Crippen LogP contribution >= 0.6 is 15.9 Å². The van der Waals surface area contributed by atoms with Crippen LogP contribution in [0.2, 0.25) is 0 Å². The molecule has 0 N–H and O–H groups in total. The van der Waals surface area contributed by atoms with Crippen LogP contribution in [-0.2, 0) is 37.9 Å². The zero-order chi connectivity index (χ0) is 19.4. The highest BCUT2D eigenvalue weighted by atomic mass is 79.9. The van der Waals surface area contributed by atoms with Crippen molar-refractivity contribution in [3.8, 4) is 5.75 Å². The number of hydrogen-bond acceptors (Lipinski definition) is 5. The minimum atomic E-state index is -1.48. The Morgan fingerprint density at radius 3 is 2.33 bits per heavy atom. The number of hydrogen-bond donors (Lipinski definition) is 0. The van der Waals surface area contributed by atoms with Crippen LogP contribution in [0.15, 0.2) is 46.9 Å². The van der Waals surface area contributed by atoms with Crippen LogP contribution in [0.25, 0.3) is 0 Å². The van der Waals surface area contributed by atoms with Gasteiger partial charge in [0, 0.05) is 10.9 Å². The lowest BCUT2D eigenvalue weighted by Gasteiger charge is -2.36. The Labute approximate surface area is 166 Å². The molecule has 0 saturated carbocycles. The van der Waals surface area contributed by atoms with Gasteiger partial charge >= 0.3 is 11.9 Å². The van der Waals surface area contributed by atoms with Gasteiger partial charge < -0.3 is 14.2 Å². The zero-order valence-corrected chi connectivity index (χ0v) is 16.9. The lowest BCUT2D eigenvalue weighted by atomic mass is 9.96. The fourth-order valence-electron chi connectivity index (χ4n) is 3.12. The highest BCUT2D eigenvalue weighted by Crippen LogP contribution is 2.43. The third-order valence-corrected chi connectivity index (χ3v) is 4.92. The van der Waals surface area contributed by atoms with Gasteiger partial charge in [-0.25, -0.2) is 0 Å². The average Bonchev–Trinajstić information content (AvgIpc) is 2.66. The molecule has 1 saturated heterocycles. The van der Waals surface area contributed by atoms with Crippen molar-refractivity contribution >= 4 is 27.9 Å². The van der Waals surface area contributed by atoms with E-state index in [-0.39, 0.29) is 12.8 Å². The van der Waals surface area contributed by atoms with Crippen molar-refractivity contribution in [3.63, 3.8) is 0 Å². The maximum atomic E-state index is 12.0. The van der Waals surface area contributed by atoms with Gasteiger partial charge in [0.25, 0.3) is 5.79 Å². The maximum absolute atomic E-state index is 12.0. The summed E-state index contributed by atoms with van der Waals surface area (Å²) < 4.78 is 18.0. The van der Waals surface area contributed by atoms with Crippen LogP contribution in [0.5, 0.6) is 5.75 Å². The summed E-state index contributed by atoms with van der Waals surface area (Å²) in [6, 6.07) is 13.5. The van der Waals surface area contributed by atoms with E-state index in [2.05, 4.69) is 15.9 Å². The number of cyclic esters (lactones) is 2. The monoisotopic (exact) mass is 432 g/mol. The fraction of sp³-hybridized carbons (Fsp3) is 0.333. The molecule has 3 rings (SSSR count). The van der Waals surface area contributed by atoms with E-state index < -0.39 is 17.7 Å². The Bertz CT molecular complexity index is 831. The molecule has 142 valence electrons. The molecule has 0 amide bonds. The lowest BCUT2D eigenvalue weighted by Crippen LogP contribution is -2.42. The van der Waals surface area contributed by atoms with Crippen molar-refractivity contribution in [1.29, 1.82) is 0 Å². The fourth-order valence-corrected chi connectivity index (χ4v) is 3.62. The summed E-state index contributed by atoms with van der Waals surface area (Å²) in [6.45, 7) is 4.17. The second-order valence-corrected chi connectivity index (χ2v) is 7.22. The van der Waals surface area contributed by atoms with Crippen molar-refractivity contribution in [1.82, 2.24) is 0 Å². The largest absolute Gasteiger partial charge is 0.488 e. The topological polar surface area (TPSA) is 61.8 Å². The normalized spacial score (nSPS) is 15.8. The molecule has 2 aromatic carbocycles. The van der Waals surface area contributed by atoms with Gasteiger partial charge in [-0.1, -0.05) is 60.1 Å². The number of esters is 2. The second kappa shape index (κ2) is 8.13. The molecule has 2 aromatic rings. The van der Waals surface area contributed by atoms with Gasteiger partial charge in [0.2, 0.25) is 0 Å². The summed E-state index contributed by atoms with van der Waals surface area (Å²) in [4.78, 5) is 24.0. The van der Waals surface area contributed by atoms with Crippen LogP contribution in [0, 0.1) is 0 Å². The first kappa shape index (κ1) is 19.4. The number of carbonyl (C=O) groups is 2. The number of aryl methyl sites for hydroxylation is 1. The second-order valence-electron chi connectivity index (χ2n) is 6.30.